The van der Waals surface area contributed by atoms with Crippen LogP contribution in [0.5, 0.6) is 0 Å². The first kappa shape index (κ1) is 12.5. The van der Waals surface area contributed by atoms with E-state index in [0.29, 0.717) is 6.42 Å². The normalized spacial score (nSPS) is 13.9. The quantitative estimate of drug-likeness (QED) is 0.842. The van der Waals surface area contributed by atoms with E-state index in [2.05, 4.69) is 11.0 Å². The Balaban J connectivity index is 2.78. The predicted octanol–water partition coefficient (Wildman–Crippen LogP) is 2.44. The van der Waals surface area contributed by atoms with Gasteiger partial charge in [-0.05, 0) is 31.5 Å². The Morgan fingerprint density at radius 2 is 1.88 bits per heavy atom. The molecule has 3 nitrogen and oxygen atoms in total. The van der Waals surface area contributed by atoms with Crippen LogP contribution in [0.3, 0.4) is 0 Å². The van der Waals surface area contributed by atoms with Gasteiger partial charge < -0.3 is 10.6 Å². The molecule has 0 aliphatic carbocycles. The topological polar surface area (TPSA) is 53.0 Å². The second kappa shape index (κ2) is 5.53. The highest BCUT2D eigenvalue weighted by Crippen LogP contribution is 2.19. The third kappa shape index (κ3) is 2.98. The molecule has 0 amide bonds. The summed E-state index contributed by atoms with van der Waals surface area (Å²) in [5, 5.41) is 8.66. The van der Waals surface area contributed by atoms with Crippen LogP contribution in [0.25, 0.3) is 0 Å². The molecule has 1 rings (SSSR count). The maximum atomic E-state index is 8.66. The second-order valence-electron chi connectivity index (χ2n) is 4.20. The molecular weight excluding hydrogens is 198 g/mol. The number of rotatable bonds is 4. The second-order valence-corrected chi connectivity index (χ2v) is 4.20. The SMILES string of the molecule is CC(CC#N)N(C)c1ccc([C@@H](C)N)cc1. The summed E-state index contributed by atoms with van der Waals surface area (Å²) in [4.78, 5) is 2.11. The number of hydrogen-bond acceptors (Lipinski definition) is 3. The Labute approximate surface area is 97.5 Å². The van der Waals surface area contributed by atoms with Crippen molar-refractivity contribution in [3.8, 4) is 6.07 Å². The van der Waals surface area contributed by atoms with Crippen molar-refractivity contribution in [3.05, 3.63) is 29.8 Å². The Bertz CT molecular complexity index is 362. The summed E-state index contributed by atoms with van der Waals surface area (Å²) in [7, 11) is 2.00. The van der Waals surface area contributed by atoms with Crippen LogP contribution < -0.4 is 10.6 Å². The van der Waals surface area contributed by atoms with Gasteiger partial charge in [0.2, 0.25) is 0 Å². The maximum absolute atomic E-state index is 8.66. The summed E-state index contributed by atoms with van der Waals surface area (Å²) in [6, 6.07) is 10.7. The van der Waals surface area contributed by atoms with E-state index in [4.69, 9.17) is 11.0 Å². The molecule has 0 spiro atoms. The van der Waals surface area contributed by atoms with Gasteiger partial charge in [0.05, 0.1) is 12.5 Å². The molecule has 86 valence electrons. The van der Waals surface area contributed by atoms with Crippen LogP contribution in [-0.4, -0.2) is 13.1 Å². The molecular formula is C13H19N3. The highest BCUT2D eigenvalue weighted by atomic mass is 15.1. The molecule has 0 aliphatic rings. The summed E-state index contributed by atoms with van der Waals surface area (Å²) in [5.74, 6) is 0. The Hall–Kier alpha value is -1.53. The third-order valence-corrected chi connectivity index (χ3v) is 2.87. The van der Waals surface area contributed by atoms with Gasteiger partial charge in [0.25, 0.3) is 0 Å². The highest BCUT2D eigenvalue weighted by Gasteiger charge is 2.09. The van der Waals surface area contributed by atoms with Gasteiger partial charge in [-0.25, -0.2) is 0 Å². The van der Waals surface area contributed by atoms with Crippen LogP contribution in [0.1, 0.15) is 31.9 Å². The molecule has 0 radical (unpaired) electrons. The lowest BCUT2D eigenvalue weighted by atomic mass is 10.1. The fraction of sp³-hybridized carbons (Fsp3) is 0.462. The largest absolute Gasteiger partial charge is 0.371 e. The molecule has 1 unspecified atom stereocenters. The average Bonchev–Trinajstić information content (AvgIpc) is 2.28. The van der Waals surface area contributed by atoms with Gasteiger partial charge in [-0.1, -0.05) is 12.1 Å². The molecule has 1 aromatic carbocycles. The van der Waals surface area contributed by atoms with Gasteiger partial charge in [0.1, 0.15) is 0 Å². The zero-order chi connectivity index (χ0) is 12.1. The first-order valence-corrected chi connectivity index (χ1v) is 5.51. The lowest BCUT2D eigenvalue weighted by Gasteiger charge is -2.25. The van der Waals surface area contributed by atoms with Crippen molar-refractivity contribution in [2.75, 3.05) is 11.9 Å². The molecule has 0 heterocycles. The molecule has 0 bridgehead atoms. The van der Waals surface area contributed by atoms with Gasteiger partial charge in [-0.2, -0.15) is 5.26 Å². The highest BCUT2D eigenvalue weighted by molar-refractivity contribution is 5.48. The number of hydrogen-bond donors (Lipinski definition) is 1. The molecule has 2 N–H and O–H groups in total. The van der Waals surface area contributed by atoms with Crippen LogP contribution in [-0.2, 0) is 0 Å². The van der Waals surface area contributed by atoms with Gasteiger partial charge in [0.15, 0.2) is 0 Å². The lowest BCUT2D eigenvalue weighted by molar-refractivity contribution is 0.702. The molecule has 16 heavy (non-hydrogen) atoms. The Morgan fingerprint density at radius 1 is 1.31 bits per heavy atom. The van der Waals surface area contributed by atoms with Gasteiger partial charge >= 0.3 is 0 Å². The first-order chi connectivity index (χ1) is 7.56. The van der Waals surface area contributed by atoms with E-state index < -0.39 is 0 Å². The van der Waals surface area contributed by atoms with Crippen molar-refractivity contribution in [1.82, 2.24) is 0 Å². The fourth-order valence-corrected chi connectivity index (χ4v) is 1.54. The molecule has 2 atom stereocenters. The van der Waals surface area contributed by atoms with E-state index >= 15 is 0 Å². The van der Waals surface area contributed by atoms with Crippen molar-refractivity contribution in [1.29, 1.82) is 5.26 Å². The van der Waals surface area contributed by atoms with E-state index in [1.54, 1.807) is 0 Å². The molecule has 0 saturated heterocycles. The lowest BCUT2D eigenvalue weighted by Crippen LogP contribution is -2.28. The summed E-state index contributed by atoms with van der Waals surface area (Å²) < 4.78 is 0. The Kier molecular flexibility index (Phi) is 4.33. The number of nitrogens with two attached hydrogens (primary N) is 1. The van der Waals surface area contributed by atoms with Crippen molar-refractivity contribution < 1.29 is 0 Å². The zero-order valence-corrected chi connectivity index (χ0v) is 10.1. The average molecular weight is 217 g/mol. The van der Waals surface area contributed by atoms with Crippen molar-refractivity contribution in [3.63, 3.8) is 0 Å². The zero-order valence-electron chi connectivity index (χ0n) is 10.1. The summed E-state index contributed by atoms with van der Waals surface area (Å²) >= 11 is 0. The van der Waals surface area contributed by atoms with E-state index in [-0.39, 0.29) is 12.1 Å². The maximum Gasteiger partial charge on any atom is 0.0643 e. The fourth-order valence-electron chi connectivity index (χ4n) is 1.54. The van der Waals surface area contributed by atoms with Crippen LogP contribution in [0, 0.1) is 11.3 Å². The van der Waals surface area contributed by atoms with Crippen LogP contribution in [0.4, 0.5) is 5.69 Å². The van der Waals surface area contributed by atoms with Crippen molar-refractivity contribution in [2.24, 2.45) is 5.73 Å². The number of nitrogens with zero attached hydrogens (tertiary/aromatic N) is 2. The molecule has 0 aromatic heterocycles. The van der Waals surface area contributed by atoms with E-state index in [0.717, 1.165) is 11.3 Å². The molecule has 0 aliphatic heterocycles. The van der Waals surface area contributed by atoms with E-state index in [1.807, 2.05) is 45.2 Å². The smallest absolute Gasteiger partial charge is 0.0643 e. The Morgan fingerprint density at radius 3 is 2.31 bits per heavy atom. The van der Waals surface area contributed by atoms with Crippen molar-refractivity contribution in [2.45, 2.75) is 32.4 Å². The number of anilines is 1. The van der Waals surface area contributed by atoms with E-state index in [1.165, 1.54) is 0 Å². The van der Waals surface area contributed by atoms with Gasteiger partial charge in [-0.15, -0.1) is 0 Å². The molecule has 0 saturated carbocycles. The summed E-state index contributed by atoms with van der Waals surface area (Å²) in [6.07, 6.45) is 0.533. The standard InChI is InChI=1S/C13H19N3/c1-10(8-9-14)16(3)13-6-4-12(5-7-13)11(2)15/h4-7,10-11H,8,15H2,1-3H3/t10?,11-/m1/s1. The van der Waals surface area contributed by atoms with Crippen LogP contribution in [0.2, 0.25) is 0 Å². The monoisotopic (exact) mass is 217 g/mol. The predicted molar refractivity (Wildman–Crippen MR) is 67.1 cm³/mol. The van der Waals surface area contributed by atoms with Crippen molar-refractivity contribution >= 4 is 5.69 Å². The molecule has 0 fully saturated rings. The van der Waals surface area contributed by atoms with Crippen LogP contribution in [0.15, 0.2) is 24.3 Å². The summed E-state index contributed by atoms with van der Waals surface area (Å²) in [5.41, 5.74) is 8.04. The minimum atomic E-state index is 0.0656. The molecule has 3 heteroatoms. The minimum Gasteiger partial charge on any atom is -0.371 e. The van der Waals surface area contributed by atoms with Gasteiger partial charge in [0, 0.05) is 24.8 Å². The number of nitriles is 1. The van der Waals surface area contributed by atoms with E-state index in [9.17, 15) is 0 Å². The van der Waals surface area contributed by atoms with Crippen LogP contribution >= 0.6 is 0 Å². The van der Waals surface area contributed by atoms with Gasteiger partial charge in [-0.3, -0.25) is 0 Å². The third-order valence-electron chi connectivity index (χ3n) is 2.87. The molecule has 1 aromatic rings. The summed E-state index contributed by atoms with van der Waals surface area (Å²) in [6.45, 7) is 4.01. The number of benzene rings is 1. The first-order valence-electron chi connectivity index (χ1n) is 5.51. The minimum absolute atomic E-state index is 0.0656.